The van der Waals surface area contributed by atoms with Crippen molar-refractivity contribution in [2.75, 3.05) is 0 Å². The number of hydrogen-bond donors (Lipinski definition) is 2. The summed E-state index contributed by atoms with van der Waals surface area (Å²) < 4.78 is 0. The Morgan fingerprint density at radius 1 is 1.05 bits per heavy atom. The molecule has 0 heterocycles. The minimum Gasteiger partial charge on any atom is -0.480 e. The van der Waals surface area contributed by atoms with Gasteiger partial charge in [0.05, 0.1) is 0 Å². The van der Waals surface area contributed by atoms with Crippen molar-refractivity contribution in [2.24, 2.45) is 0 Å². The molecule has 1 atom stereocenters. The molecule has 1 amide bonds. The fourth-order valence-corrected chi connectivity index (χ4v) is 1.76. The van der Waals surface area contributed by atoms with Gasteiger partial charge in [-0.3, -0.25) is 4.79 Å². The maximum atomic E-state index is 11.6. The molecule has 0 aliphatic carbocycles. The summed E-state index contributed by atoms with van der Waals surface area (Å²) in [6.07, 6.45) is 5.89. The smallest absolute Gasteiger partial charge is 0.326 e. The van der Waals surface area contributed by atoms with E-state index >= 15 is 0 Å². The number of carboxylic acid groups (broad SMARTS) is 1. The fourth-order valence-electron chi connectivity index (χ4n) is 1.76. The Labute approximate surface area is 114 Å². The van der Waals surface area contributed by atoms with Gasteiger partial charge in [0.25, 0.3) is 0 Å². The summed E-state index contributed by atoms with van der Waals surface area (Å²) in [4.78, 5) is 33.3. The lowest BCUT2D eigenvalue weighted by atomic mass is 10.1. The molecule has 0 unspecified atom stereocenters. The van der Waals surface area contributed by atoms with Crippen LogP contribution in [0.4, 0.5) is 0 Å². The number of carbonyl (C=O) groups excluding carboxylic acids is 2. The van der Waals surface area contributed by atoms with Gasteiger partial charge in [0.2, 0.25) is 5.91 Å². The monoisotopic (exact) mass is 271 g/mol. The Morgan fingerprint density at radius 2 is 1.68 bits per heavy atom. The van der Waals surface area contributed by atoms with Crippen LogP contribution in [-0.2, 0) is 14.4 Å². The largest absolute Gasteiger partial charge is 0.480 e. The van der Waals surface area contributed by atoms with E-state index < -0.39 is 12.0 Å². The van der Waals surface area contributed by atoms with Gasteiger partial charge in [-0.15, -0.1) is 0 Å². The van der Waals surface area contributed by atoms with Gasteiger partial charge in [-0.1, -0.05) is 32.6 Å². The molecule has 0 bridgehead atoms. The molecule has 19 heavy (non-hydrogen) atoms. The second-order valence-electron chi connectivity index (χ2n) is 4.86. The molecule has 0 aromatic carbocycles. The lowest BCUT2D eigenvalue weighted by Crippen LogP contribution is -2.40. The Balaban J connectivity index is 3.90. The van der Waals surface area contributed by atoms with E-state index in [0.717, 1.165) is 32.1 Å². The Hall–Kier alpha value is -1.39. The van der Waals surface area contributed by atoms with Gasteiger partial charge in [0, 0.05) is 12.8 Å². The molecule has 0 aliphatic rings. The second-order valence-corrected chi connectivity index (χ2v) is 4.86. The van der Waals surface area contributed by atoms with E-state index in [4.69, 9.17) is 5.11 Å². The summed E-state index contributed by atoms with van der Waals surface area (Å²) in [7, 11) is 0. The summed E-state index contributed by atoms with van der Waals surface area (Å²) in [6, 6.07) is -0.952. The molecule has 2 N–H and O–H groups in total. The third-order valence-electron chi connectivity index (χ3n) is 2.93. The molecule has 0 radical (unpaired) electrons. The number of carbonyl (C=O) groups is 3. The number of amides is 1. The molecule has 5 heteroatoms. The maximum absolute atomic E-state index is 11.6. The molecule has 0 saturated heterocycles. The van der Waals surface area contributed by atoms with Crippen molar-refractivity contribution in [1.82, 2.24) is 5.32 Å². The third kappa shape index (κ3) is 10.2. The van der Waals surface area contributed by atoms with Crippen molar-refractivity contribution < 1.29 is 19.5 Å². The lowest BCUT2D eigenvalue weighted by molar-refractivity contribution is -0.142. The molecule has 0 fully saturated rings. The van der Waals surface area contributed by atoms with Crippen molar-refractivity contribution in [1.29, 1.82) is 0 Å². The first-order chi connectivity index (χ1) is 8.97. The zero-order valence-corrected chi connectivity index (χ0v) is 11.9. The van der Waals surface area contributed by atoms with Crippen LogP contribution in [0.3, 0.4) is 0 Å². The van der Waals surface area contributed by atoms with Crippen LogP contribution in [0.15, 0.2) is 0 Å². The van der Waals surface area contributed by atoms with E-state index in [1.807, 2.05) is 0 Å². The van der Waals surface area contributed by atoms with Crippen LogP contribution < -0.4 is 5.32 Å². The highest BCUT2D eigenvalue weighted by Gasteiger charge is 2.19. The highest BCUT2D eigenvalue weighted by Crippen LogP contribution is 2.06. The van der Waals surface area contributed by atoms with Gasteiger partial charge < -0.3 is 15.2 Å². The maximum Gasteiger partial charge on any atom is 0.326 e. The zero-order valence-electron chi connectivity index (χ0n) is 11.9. The van der Waals surface area contributed by atoms with E-state index in [0.29, 0.717) is 6.42 Å². The average Bonchev–Trinajstić information content (AvgIpc) is 2.33. The van der Waals surface area contributed by atoms with Gasteiger partial charge >= 0.3 is 5.97 Å². The first-order valence-electron chi connectivity index (χ1n) is 6.99. The summed E-state index contributed by atoms with van der Waals surface area (Å²) >= 11 is 0. The van der Waals surface area contributed by atoms with E-state index in [1.54, 1.807) is 0 Å². The Bertz CT molecular complexity index is 302. The summed E-state index contributed by atoms with van der Waals surface area (Å²) in [5, 5.41) is 11.4. The Morgan fingerprint density at radius 3 is 2.21 bits per heavy atom. The first-order valence-corrected chi connectivity index (χ1v) is 6.99. The molecule has 0 saturated carbocycles. The Kier molecular flexibility index (Phi) is 9.75. The number of nitrogens with one attached hydrogen (secondary N) is 1. The minimum absolute atomic E-state index is 0.0694. The third-order valence-corrected chi connectivity index (χ3v) is 2.93. The predicted molar refractivity (Wildman–Crippen MR) is 72.9 cm³/mol. The zero-order chi connectivity index (χ0) is 14.7. The molecule has 0 aliphatic heterocycles. The van der Waals surface area contributed by atoms with Crippen molar-refractivity contribution in [3.63, 3.8) is 0 Å². The van der Waals surface area contributed by atoms with Crippen molar-refractivity contribution in [2.45, 2.75) is 71.3 Å². The fraction of sp³-hybridized carbons (Fsp3) is 0.786. The summed E-state index contributed by atoms with van der Waals surface area (Å²) in [5.41, 5.74) is 0. The molecule has 0 rings (SSSR count). The van der Waals surface area contributed by atoms with E-state index in [-0.39, 0.29) is 24.5 Å². The molecule has 5 nitrogen and oxygen atoms in total. The van der Waals surface area contributed by atoms with Crippen LogP contribution in [0.1, 0.15) is 65.2 Å². The topological polar surface area (TPSA) is 83.5 Å². The van der Waals surface area contributed by atoms with Gasteiger partial charge in [-0.2, -0.15) is 0 Å². The van der Waals surface area contributed by atoms with Crippen LogP contribution >= 0.6 is 0 Å². The number of rotatable bonds is 11. The molecule has 110 valence electrons. The van der Waals surface area contributed by atoms with Crippen LogP contribution in [-0.4, -0.2) is 28.8 Å². The number of aliphatic carboxylic acids is 1. The number of hydrogen-bond acceptors (Lipinski definition) is 3. The van der Waals surface area contributed by atoms with Gasteiger partial charge in [-0.05, 0) is 19.8 Å². The van der Waals surface area contributed by atoms with E-state index in [2.05, 4.69) is 12.2 Å². The van der Waals surface area contributed by atoms with Gasteiger partial charge in [0.1, 0.15) is 11.8 Å². The normalized spacial score (nSPS) is 11.9. The van der Waals surface area contributed by atoms with Crippen LogP contribution in [0.2, 0.25) is 0 Å². The number of carboxylic acids is 1. The predicted octanol–water partition coefficient (Wildman–Crippen LogP) is 2.29. The van der Waals surface area contributed by atoms with Crippen LogP contribution in [0.25, 0.3) is 0 Å². The van der Waals surface area contributed by atoms with Gasteiger partial charge in [-0.25, -0.2) is 4.79 Å². The number of unbranched alkanes of at least 4 members (excludes halogenated alkanes) is 4. The molecule has 0 aromatic rings. The summed E-state index contributed by atoms with van der Waals surface area (Å²) in [6.45, 7) is 3.54. The standard InChI is InChI=1S/C14H25NO4/c1-3-4-5-6-7-8-13(17)15-12(14(18)19)10-9-11(2)16/h12H,3-10H2,1-2H3,(H,15,17)(H,18,19)/t12-/m1/s1. The molecular weight excluding hydrogens is 246 g/mol. The van der Waals surface area contributed by atoms with Crippen LogP contribution in [0, 0.1) is 0 Å². The molecule has 0 spiro atoms. The SMILES string of the molecule is CCCCCCCC(=O)N[C@H](CCC(C)=O)C(=O)O. The number of Topliss-reactive ketones (excluding diaryl/α,β-unsaturated/α-hetero) is 1. The first kappa shape index (κ1) is 17.6. The second kappa shape index (κ2) is 10.5. The average molecular weight is 271 g/mol. The lowest BCUT2D eigenvalue weighted by Gasteiger charge is -2.13. The minimum atomic E-state index is -1.08. The highest BCUT2D eigenvalue weighted by atomic mass is 16.4. The van der Waals surface area contributed by atoms with Crippen molar-refractivity contribution >= 4 is 17.7 Å². The molecular formula is C14H25NO4. The molecule has 0 aromatic heterocycles. The summed E-state index contributed by atoms with van der Waals surface area (Å²) in [5.74, 6) is -1.40. The highest BCUT2D eigenvalue weighted by molar-refractivity contribution is 5.84. The van der Waals surface area contributed by atoms with Gasteiger partial charge in [0.15, 0.2) is 0 Å². The van der Waals surface area contributed by atoms with Crippen LogP contribution in [0.5, 0.6) is 0 Å². The quantitative estimate of drug-likeness (QED) is 0.565. The van der Waals surface area contributed by atoms with Crippen molar-refractivity contribution in [3.8, 4) is 0 Å². The van der Waals surface area contributed by atoms with E-state index in [1.165, 1.54) is 6.92 Å². The van der Waals surface area contributed by atoms with Crippen molar-refractivity contribution in [3.05, 3.63) is 0 Å². The van der Waals surface area contributed by atoms with E-state index in [9.17, 15) is 14.4 Å². The number of ketones is 1.